The van der Waals surface area contributed by atoms with Gasteiger partial charge in [0.15, 0.2) is 0 Å². The first-order valence-corrected chi connectivity index (χ1v) is 1.71. The van der Waals surface area contributed by atoms with Crippen LogP contribution >= 0.6 is 0 Å². The number of amides is 1. The summed E-state index contributed by atoms with van der Waals surface area (Å²) in [4.78, 5) is 9.50. The Hall–Kier alpha value is -1.12. The Bertz CT molecular complexity index is 97.9. The van der Waals surface area contributed by atoms with Gasteiger partial charge in [-0.2, -0.15) is 0 Å². The Morgan fingerprint density at radius 3 is 2.57 bits per heavy atom. The van der Waals surface area contributed by atoms with Crippen LogP contribution in [0.25, 0.3) is 0 Å². The molecule has 0 aromatic heterocycles. The number of rotatable bonds is 3. The predicted molar refractivity (Wildman–Crippen MR) is 27.1 cm³/mol. The lowest BCUT2D eigenvalue weighted by Gasteiger charge is -1.87. The Labute approximate surface area is 41.5 Å². The maximum absolute atomic E-state index is 9.50. The van der Waals surface area contributed by atoms with E-state index < -0.39 is 0 Å². The van der Waals surface area contributed by atoms with Gasteiger partial charge in [-0.25, -0.2) is 0 Å². The van der Waals surface area contributed by atoms with E-state index in [0.717, 1.165) is 6.21 Å². The van der Waals surface area contributed by atoms with Crippen LogP contribution in [0, 0.1) is 5.41 Å². The number of allylic oxidation sites excluding steroid dienone is 1. The van der Waals surface area contributed by atoms with Crippen molar-refractivity contribution < 1.29 is 4.79 Å². The van der Waals surface area contributed by atoms with Crippen LogP contribution in [-0.4, -0.2) is 12.6 Å². The van der Waals surface area contributed by atoms with Gasteiger partial charge < -0.3 is 10.7 Å². The van der Waals surface area contributed by atoms with Gasteiger partial charge in [-0.1, -0.05) is 6.58 Å². The molecule has 0 aliphatic heterocycles. The van der Waals surface area contributed by atoms with Crippen LogP contribution in [0.1, 0.15) is 0 Å². The lowest BCUT2D eigenvalue weighted by atomic mass is 10.5. The normalized spacial score (nSPS) is 6.86. The Kier molecular flexibility index (Phi) is 2.59. The molecule has 0 fully saturated rings. The van der Waals surface area contributed by atoms with Gasteiger partial charge in [-0.05, 0) is 0 Å². The van der Waals surface area contributed by atoms with Crippen molar-refractivity contribution in [1.82, 2.24) is 5.32 Å². The van der Waals surface area contributed by atoms with Crippen LogP contribution in [0.2, 0.25) is 0 Å². The van der Waals surface area contributed by atoms with Crippen LogP contribution in [0.15, 0.2) is 12.3 Å². The molecule has 2 N–H and O–H groups in total. The highest BCUT2D eigenvalue weighted by molar-refractivity contribution is 5.77. The molecule has 0 atom stereocenters. The first kappa shape index (κ1) is 5.88. The van der Waals surface area contributed by atoms with Crippen molar-refractivity contribution in [2.75, 3.05) is 0 Å². The second-order valence-electron chi connectivity index (χ2n) is 0.932. The topological polar surface area (TPSA) is 53.0 Å². The summed E-state index contributed by atoms with van der Waals surface area (Å²) < 4.78 is 0. The molecule has 0 rings (SSSR count). The van der Waals surface area contributed by atoms with Gasteiger partial charge in [0.05, 0.1) is 5.70 Å². The molecule has 0 aromatic rings. The molecule has 0 unspecified atom stereocenters. The summed E-state index contributed by atoms with van der Waals surface area (Å²) in [7, 11) is 0. The van der Waals surface area contributed by atoms with Crippen molar-refractivity contribution in [3.63, 3.8) is 0 Å². The van der Waals surface area contributed by atoms with Gasteiger partial charge >= 0.3 is 0 Å². The summed E-state index contributed by atoms with van der Waals surface area (Å²) in [5.41, 5.74) is 0.301. The van der Waals surface area contributed by atoms with Gasteiger partial charge in [-0.3, -0.25) is 4.79 Å². The highest BCUT2D eigenvalue weighted by atomic mass is 16.1. The van der Waals surface area contributed by atoms with Crippen molar-refractivity contribution in [3.8, 4) is 0 Å². The third kappa shape index (κ3) is 2.69. The molecule has 38 valence electrons. The minimum Gasteiger partial charge on any atom is -0.328 e. The summed E-state index contributed by atoms with van der Waals surface area (Å²) in [6, 6.07) is 0. The Balaban J connectivity index is 3.36. The van der Waals surface area contributed by atoms with Crippen LogP contribution in [-0.2, 0) is 4.79 Å². The van der Waals surface area contributed by atoms with E-state index in [2.05, 4.69) is 11.9 Å². The van der Waals surface area contributed by atoms with E-state index in [1.54, 1.807) is 0 Å². The standard InChI is InChI=1S/C4H6N2O/c1-4(2-5)6-3-7/h2-3,5H,1H2,(H,6,7). The fourth-order valence-corrected chi connectivity index (χ4v) is 0.117. The number of hydrogen-bond donors (Lipinski definition) is 2. The van der Waals surface area contributed by atoms with E-state index in [-0.39, 0.29) is 0 Å². The number of hydrogen-bond acceptors (Lipinski definition) is 2. The zero-order chi connectivity index (χ0) is 5.70. The zero-order valence-corrected chi connectivity index (χ0v) is 3.77. The fraction of sp³-hybridized carbons (Fsp3) is 0. The van der Waals surface area contributed by atoms with Crippen molar-refractivity contribution in [3.05, 3.63) is 12.3 Å². The Morgan fingerprint density at radius 2 is 2.43 bits per heavy atom. The fourth-order valence-electron chi connectivity index (χ4n) is 0.117. The van der Waals surface area contributed by atoms with Gasteiger partial charge in [0.1, 0.15) is 0 Å². The zero-order valence-electron chi connectivity index (χ0n) is 3.77. The van der Waals surface area contributed by atoms with E-state index >= 15 is 0 Å². The van der Waals surface area contributed by atoms with Gasteiger partial charge in [0.2, 0.25) is 6.41 Å². The highest BCUT2D eigenvalue weighted by Crippen LogP contribution is 1.67. The first-order valence-electron chi connectivity index (χ1n) is 1.71. The second-order valence-corrected chi connectivity index (χ2v) is 0.932. The minimum absolute atomic E-state index is 0.301. The number of nitrogens with one attached hydrogen (secondary N) is 2. The molecule has 0 spiro atoms. The third-order valence-electron chi connectivity index (χ3n) is 0.419. The largest absolute Gasteiger partial charge is 0.328 e. The molecule has 3 heteroatoms. The smallest absolute Gasteiger partial charge is 0.211 e. The van der Waals surface area contributed by atoms with E-state index in [0.29, 0.717) is 12.1 Å². The first-order chi connectivity index (χ1) is 3.31. The molecular formula is C4H6N2O. The monoisotopic (exact) mass is 98.0 g/mol. The molecular weight excluding hydrogens is 92.1 g/mol. The molecule has 1 amide bonds. The SMILES string of the molecule is C=C(C=N)NC=O. The average Bonchev–Trinajstić information content (AvgIpc) is 1.68. The molecule has 0 radical (unpaired) electrons. The van der Waals surface area contributed by atoms with Crippen LogP contribution < -0.4 is 5.32 Å². The van der Waals surface area contributed by atoms with Gasteiger partial charge in [0, 0.05) is 6.21 Å². The summed E-state index contributed by atoms with van der Waals surface area (Å²) in [6.07, 6.45) is 1.45. The maximum Gasteiger partial charge on any atom is 0.211 e. The summed E-state index contributed by atoms with van der Waals surface area (Å²) in [5.74, 6) is 0. The summed E-state index contributed by atoms with van der Waals surface area (Å²) in [5, 5.41) is 8.64. The highest BCUT2D eigenvalue weighted by Gasteiger charge is 1.76. The van der Waals surface area contributed by atoms with Crippen LogP contribution in [0.3, 0.4) is 0 Å². The van der Waals surface area contributed by atoms with Crippen molar-refractivity contribution in [2.24, 2.45) is 0 Å². The molecule has 7 heavy (non-hydrogen) atoms. The molecule has 0 aromatic carbocycles. The number of carbonyl (C=O) groups is 1. The molecule has 0 saturated heterocycles. The lowest BCUT2D eigenvalue weighted by Crippen LogP contribution is -2.08. The van der Waals surface area contributed by atoms with E-state index in [1.165, 1.54) is 0 Å². The van der Waals surface area contributed by atoms with E-state index in [9.17, 15) is 4.79 Å². The van der Waals surface area contributed by atoms with Crippen LogP contribution in [0.5, 0.6) is 0 Å². The second kappa shape index (κ2) is 3.08. The van der Waals surface area contributed by atoms with Crippen molar-refractivity contribution >= 4 is 12.6 Å². The molecule has 0 heterocycles. The number of carbonyl (C=O) groups excluding carboxylic acids is 1. The third-order valence-corrected chi connectivity index (χ3v) is 0.419. The Morgan fingerprint density at radius 1 is 1.86 bits per heavy atom. The minimum atomic E-state index is 0.301. The lowest BCUT2D eigenvalue weighted by molar-refractivity contribution is -0.108. The van der Waals surface area contributed by atoms with E-state index in [1.807, 2.05) is 0 Å². The van der Waals surface area contributed by atoms with Crippen molar-refractivity contribution in [1.29, 1.82) is 5.41 Å². The quantitative estimate of drug-likeness (QED) is 0.375. The summed E-state index contributed by atoms with van der Waals surface area (Å²) in [6.45, 7) is 3.28. The summed E-state index contributed by atoms with van der Waals surface area (Å²) >= 11 is 0. The van der Waals surface area contributed by atoms with Gasteiger partial charge in [-0.15, -0.1) is 0 Å². The predicted octanol–water partition coefficient (Wildman–Crippen LogP) is -0.104. The molecule has 3 nitrogen and oxygen atoms in total. The molecule has 0 saturated carbocycles. The maximum atomic E-state index is 9.50. The molecule has 0 aliphatic carbocycles. The average molecular weight is 98.1 g/mol. The van der Waals surface area contributed by atoms with Crippen LogP contribution in [0.4, 0.5) is 0 Å². The van der Waals surface area contributed by atoms with Gasteiger partial charge in [0.25, 0.3) is 0 Å². The van der Waals surface area contributed by atoms with Crippen molar-refractivity contribution in [2.45, 2.75) is 0 Å². The van der Waals surface area contributed by atoms with E-state index in [4.69, 9.17) is 5.41 Å². The molecule has 0 aliphatic rings. The molecule has 0 bridgehead atoms.